The topological polar surface area (TPSA) is 251 Å². The van der Waals surface area contributed by atoms with Gasteiger partial charge in [0.2, 0.25) is 23.6 Å². The second-order valence-corrected chi connectivity index (χ2v) is 8.77. The van der Waals surface area contributed by atoms with Crippen molar-refractivity contribution in [3.63, 3.8) is 0 Å². The Labute approximate surface area is 212 Å². The lowest BCUT2D eigenvalue weighted by Crippen LogP contribution is -2.58. The number of carboxylic acids is 2. The van der Waals surface area contributed by atoms with Gasteiger partial charge in [0.15, 0.2) is 0 Å². The number of phenolic OH excluding ortho intramolecular Hbond substituents is 1. The first-order chi connectivity index (χ1) is 17.2. The minimum absolute atomic E-state index is 0.0455. The van der Waals surface area contributed by atoms with E-state index in [0.29, 0.717) is 5.56 Å². The molecule has 0 bridgehead atoms. The molecule has 0 radical (unpaired) electrons. The van der Waals surface area contributed by atoms with E-state index in [2.05, 4.69) is 16.0 Å². The van der Waals surface area contributed by atoms with Gasteiger partial charge in [-0.25, -0.2) is 4.79 Å². The lowest BCUT2D eigenvalue weighted by molar-refractivity contribution is -0.144. The number of benzene rings is 1. The predicted molar refractivity (Wildman–Crippen MR) is 129 cm³/mol. The number of nitrogens with two attached hydrogens (primary N) is 2. The van der Waals surface area contributed by atoms with E-state index in [0.717, 1.165) is 0 Å². The van der Waals surface area contributed by atoms with Crippen LogP contribution in [0.4, 0.5) is 0 Å². The number of primary amides is 1. The average molecular weight is 524 g/mol. The molecule has 4 atom stereocenters. The van der Waals surface area contributed by atoms with Crippen molar-refractivity contribution in [3.05, 3.63) is 29.8 Å². The lowest BCUT2D eigenvalue weighted by Gasteiger charge is -2.26. The van der Waals surface area contributed by atoms with E-state index in [-0.39, 0.29) is 12.2 Å². The van der Waals surface area contributed by atoms with Crippen LogP contribution in [-0.4, -0.2) is 75.1 Å². The zero-order chi connectivity index (χ0) is 28.3. The summed E-state index contributed by atoms with van der Waals surface area (Å²) < 4.78 is 0. The summed E-state index contributed by atoms with van der Waals surface area (Å²) in [6.45, 7) is 3.24. The van der Waals surface area contributed by atoms with Crippen molar-refractivity contribution in [2.45, 2.75) is 63.7 Å². The number of rotatable bonds is 15. The number of nitrogens with one attached hydrogen (secondary N) is 3. The molecular formula is C23H33N5O9. The number of phenols is 1. The van der Waals surface area contributed by atoms with Crippen molar-refractivity contribution in [1.29, 1.82) is 0 Å². The van der Waals surface area contributed by atoms with Gasteiger partial charge >= 0.3 is 11.9 Å². The van der Waals surface area contributed by atoms with Crippen LogP contribution < -0.4 is 27.4 Å². The summed E-state index contributed by atoms with van der Waals surface area (Å²) in [5.74, 6) is -6.78. The molecule has 0 spiro atoms. The highest BCUT2D eigenvalue weighted by Crippen LogP contribution is 2.12. The number of aromatic hydroxyl groups is 1. The Morgan fingerprint density at radius 1 is 0.865 bits per heavy atom. The first-order valence-corrected chi connectivity index (χ1v) is 11.4. The second kappa shape index (κ2) is 14.4. The van der Waals surface area contributed by atoms with E-state index < -0.39 is 84.9 Å². The van der Waals surface area contributed by atoms with Crippen LogP contribution in [0.3, 0.4) is 0 Å². The molecule has 14 heteroatoms. The number of amides is 4. The maximum Gasteiger partial charge on any atom is 0.326 e. The molecule has 0 aliphatic carbocycles. The van der Waals surface area contributed by atoms with E-state index in [1.807, 2.05) is 0 Å². The Hall–Kier alpha value is -4.20. The lowest BCUT2D eigenvalue weighted by atomic mass is 10.00. The third kappa shape index (κ3) is 10.9. The summed E-state index contributed by atoms with van der Waals surface area (Å²) >= 11 is 0. The molecule has 10 N–H and O–H groups in total. The molecular weight excluding hydrogens is 490 g/mol. The van der Waals surface area contributed by atoms with E-state index in [1.54, 1.807) is 26.0 Å². The van der Waals surface area contributed by atoms with Gasteiger partial charge < -0.3 is 42.7 Å². The van der Waals surface area contributed by atoms with Gasteiger partial charge in [-0.05, 0) is 36.5 Å². The van der Waals surface area contributed by atoms with Gasteiger partial charge in [-0.15, -0.1) is 0 Å². The molecule has 4 amide bonds. The average Bonchev–Trinajstić information content (AvgIpc) is 2.79. The van der Waals surface area contributed by atoms with Crippen LogP contribution in [0.15, 0.2) is 24.3 Å². The van der Waals surface area contributed by atoms with Crippen LogP contribution in [0.25, 0.3) is 0 Å². The molecule has 0 fully saturated rings. The van der Waals surface area contributed by atoms with Crippen molar-refractivity contribution in [1.82, 2.24) is 16.0 Å². The fourth-order valence-corrected chi connectivity index (χ4v) is 3.25. The number of hydrogen-bond acceptors (Lipinski definition) is 8. The van der Waals surface area contributed by atoms with Crippen molar-refractivity contribution in [2.24, 2.45) is 17.4 Å². The van der Waals surface area contributed by atoms with E-state index in [9.17, 15) is 39.0 Å². The van der Waals surface area contributed by atoms with Crippen molar-refractivity contribution < 1.29 is 44.1 Å². The molecule has 14 nitrogen and oxygen atoms in total. The molecule has 1 aromatic rings. The summed E-state index contributed by atoms with van der Waals surface area (Å²) in [5, 5.41) is 34.5. The van der Waals surface area contributed by atoms with Crippen molar-refractivity contribution >= 4 is 35.6 Å². The Morgan fingerprint density at radius 3 is 1.92 bits per heavy atom. The van der Waals surface area contributed by atoms with Crippen LogP contribution >= 0.6 is 0 Å². The molecule has 37 heavy (non-hydrogen) atoms. The highest BCUT2D eigenvalue weighted by molar-refractivity contribution is 5.95. The van der Waals surface area contributed by atoms with E-state index in [1.165, 1.54) is 12.1 Å². The van der Waals surface area contributed by atoms with E-state index in [4.69, 9.17) is 16.6 Å². The Morgan fingerprint density at radius 2 is 1.43 bits per heavy atom. The van der Waals surface area contributed by atoms with Gasteiger partial charge in [0.1, 0.15) is 23.9 Å². The summed E-state index contributed by atoms with van der Waals surface area (Å²) in [7, 11) is 0. The molecule has 0 aliphatic rings. The molecule has 1 aromatic carbocycles. The Balaban J connectivity index is 2.96. The summed E-state index contributed by atoms with van der Waals surface area (Å²) in [6, 6.07) is 0.659. The maximum absolute atomic E-state index is 13.0. The number of carboxylic acid groups (broad SMARTS) is 2. The largest absolute Gasteiger partial charge is 0.508 e. The number of carbonyl (C=O) groups excluding carboxylic acids is 4. The monoisotopic (exact) mass is 523 g/mol. The van der Waals surface area contributed by atoms with Gasteiger partial charge in [-0.1, -0.05) is 26.0 Å². The number of carbonyl (C=O) groups is 6. The zero-order valence-electron chi connectivity index (χ0n) is 20.5. The molecule has 0 aliphatic heterocycles. The number of aliphatic carboxylic acids is 2. The number of hydrogen-bond donors (Lipinski definition) is 8. The third-order valence-corrected chi connectivity index (χ3v) is 5.28. The molecule has 1 rings (SSSR count). The SMILES string of the molecule is CC(C)C(NC(=O)C(N)Cc1ccc(O)cc1)C(=O)NC(CCC(=O)O)C(=O)NC(CC(N)=O)C(=O)O. The molecule has 4 unspecified atom stereocenters. The molecule has 204 valence electrons. The van der Waals surface area contributed by atoms with Crippen LogP contribution in [0.2, 0.25) is 0 Å². The second-order valence-electron chi connectivity index (χ2n) is 8.77. The van der Waals surface area contributed by atoms with Crippen LogP contribution in [0.1, 0.15) is 38.7 Å². The van der Waals surface area contributed by atoms with Crippen LogP contribution in [0, 0.1) is 5.92 Å². The van der Waals surface area contributed by atoms with Gasteiger partial charge in [-0.3, -0.25) is 24.0 Å². The Bertz CT molecular complexity index is 997. The Kier molecular flexibility index (Phi) is 12.0. The minimum Gasteiger partial charge on any atom is -0.508 e. The van der Waals surface area contributed by atoms with Gasteiger partial charge in [0.05, 0.1) is 12.5 Å². The third-order valence-electron chi connectivity index (χ3n) is 5.28. The standard InChI is InChI=1S/C23H33N5O9/c1-11(2)19(28-20(33)14(24)9-12-3-5-13(29)6-4-12)22(35)26-15(7-8-18(31)32)21(34)27-16(23(36)37)10-17(25)30/h3-6,11,14-16,19,29H,7-10,24H2,1-2H3,(H2,25,30)(H,26,35)(H,27,34)(H,28,33)(H,31,32)(H,36,37). The fourth-order valence-electron chi connectivity index (χ4n) is 3.25. The molecule has 0 heterocycles. The minimum atomic E-state index is -1.69. The molecule has 0 aromatic heterocycles. The van der Waals surface area contributed by atoms with Crippen LogP contribution in [0.5, 0.6) is 5.75 Å². The highest BCUT2D eigenvalue weighted by Gasteiger charge is 2.32. The summed E-state index contributed by atoms with van der Waals surface area (Å²) in [5.41, 5.74) is 11.6. The summed E-state index contributed by atoms with van der Waals surface area (Å²) in [4.78, 5) is 71.8. The van der Waals surface area contributed by atoms with Crippen molar-refractivity contribution in [3.8, 4) is 5.75 Å². The normalized spacial score (nSPS) is 14.1. The van der Waals surface area contributed by atoms with Crippen LogP contribution in [-0.2, 0) is 35.2 Å². The quantitative estimate of drug-likeness (QED) is 0.128. The van der Waals surface area contributed by atoms with Crippen molar-refractivity contribution in [2.75, 3.05) is 0 Å². The smallest absolute Gasteiger partial charge is 0.326 e. The first kappa shape index (κ1) is 30.8. The first-order valence-electron chi connectivity index (χ1n) is 11.4. The van der Waals surface area contributed by atoms with Gasteiger partial charge in [0.25, 0.3) is 0 Å². The fraction of sp³-hybridized carbons (Fsp3) is 0.478. The zero-order valence-corrected chi connectivity index (χ0v) is 20.5. The predicted octanol–water partition coefficient (Wildman–Crippen LogP) is -1.80. The van der Waals surface area contributed by atoms with Gasteiger partial charge in [-0.2, -0.15) is 0 Å². The van der Waals surface area contributed by atoms with E-state index >= 15 is 0 Å². The van der Waals surface area contributed by atoms with Gasteiger partial charge in [0, 0.05) is 6.42 Å². The molecule has 0 saturated heterocycles. The maximum atomic E-state index is 13.0. The summed E-state index contributed by atoms with van der Waals surface area (Å²) in [6.07, 6.45) is -1.54. The highest BCUT2D eigenvalue weighted by atomic mass is 16.4. The molecule has 0 saturated carbocycles.